The highest BCUT2D eigenvalue weighted by atomic mass is 32.1. The van der Waals surface area contributed by atoms with Gasteiger partial charge in [-0.1, -0.05) is 23.2 Å². The van der Waals surface area contributed by atoms with Crippen LogP contribution in [0.4, 0.5) is 5.13 Å². The Morgan fingerprint density at radius 1 is 1.43 bits per heavy atom. The van der Waals surface area contributed by atoms with Crippen molar-refractivity contribution in [2.24, 2.45) is 5.73 Å². The van der Waals surface area contributed by atoms with Crippen molar-refractivity contribution in [3.63, 3.8) is 0 Å². The smallest absolute Gasteiger partial charge is 0.257 e. The summed E-state index contributed by atoms with van der Waals surface area (Å²) in [5, 5.41) is 4.29. The molecule has 6 heteroatoms. The Hall–Kier alpha value is -2.62. The highest BCUT2D eigenvalue weighted by Crippen LogP contribution is 2.19. The fourth-order valence-electron chi connectivity index (χ4n) is 1.89. The predicted octanol–water partition coefficient (Wildman–Crippen LogP) is 2.19. The van der Waals surface area contributed by atoms with E-state index in [1.165, 1.54) is 11.3 Å². The molecule has 4 N–H and O–H groups in total. The lowest BCUT2D eigenvalue weighted by atomic mass is 10.1. The van der Waals surface area contributed by atoms with Crippen molar-refractivity contribution in [2.75, 3.05) is 11.9 Å². The van der Waals surface area contributed by atoms with Gasteiger partial charge < -0.3 is 10.7 Å². The zero-order valence-corrected chi connectivity index (χ0v) is 11.8. The van der Waals surface area contributed by atoms with Gasteiger partial charge in [0.05, 0.1) is 17.6 Å². The Morgan fingerprint density at radius 3 is 3.19 bits per heavy atom. The number of hydrogen-bond acceptors (Lipinski definition) is 4. The van der Waals surface area contributed by atoms with Gasteiger partial charge in [0.1, 0.15) is 0 Å². The molecule has 0 aliphatic carbocycles. The molecule has 0 aliphatic heterocycles. The third-order valence-corrected chi connectivity index (χ3v) is 3.68. The van der Waals surface area contributed by atoms with Crippen LogP contribution in [0.5, 0.6) is 0 Å². The Balaban J connectivity index is 1.77. The van der Waals surface area contributed by atoms with E-state index in [9.17, 15) is 4.79 Å². The van der Waals surface area contributed by atoms with Crippen molar-refractivity contribution in [1.29, 1.82) is 0 Å². The number of fused-ring (bicyclic) bond motifs is 1. The van der Waals surface area contributed by atoms with Gasteiger partial charge in [0, 0.05) is 22.7 Å². The molecule has 3 aromatic rings. The maximum absolute atomic E-state index is 12.2. The summed E-state index contributed by atoms with van der Waals surface area (Å²) in [4.78, 5) is 20.2. The molecule has 0 saturated carbocycles. The van der Waals surface area contributed by atoms with Crippen LogP contribution < -0.4 is 11.1 Å². The zero-order chi connectivity index (χ0) is 14.7. The van der Waals surface area contributed by atoms with Gasteiger partial charge in [0.25, 0.3) is 5.91 Å². The molecule has 2 aromatic heterocycles. The molecule has 0 spiro atoms. The maximum atomic E-state index is 12.2. The van der Waals surface area contributed by atoms with Crippen LogP contribution in [0, 0.1) is 11.8 Å². The second kappa shape index (κ2) is 5.79. The number of nitrogens with one attached hydrogen (secondary N) is 2. The Morgan fingerprint density at radius 2 is 2.33 bits per heavy atom. The van der Waals surface area contributed by atoms with Crippen LogP contribution in [-0.4, -0.2) is 22.4 Å². The van der Waals surface area contributed by atoms with Gasteiger partial charge in [-0.15, -0.1) is 0 Å². The van der Waals surface area contributed by atoms with Crippen LogP contribution >= 0.6 is 11.3 Å². The normalized spacial score (nSPS) is 10.1. The molecule has 0 aliphatic rings. The Bertz CT molecular complexity index is 853. The van der Waals surface area contributed by atoms with Crippen molar-refractivity contribution in [2.45, 2.75) is 0 Å². The number of nitrogens with zero attached hydrogens (tertiary/aromatic N) is 1. The second-order valence-electron chi connectivity index (χ2n) is 4.27. The number of benzene rings is 1. The summed E-state index contributed by atoms with van der Waals surface area (Å²) < 4.78 is 0. The molecule has 3 rings (SSSR count). The van der Waals surface area contributed by atoms with Gasteiger partial charge in [0.2, 0.25) is 0 Å². The summed E-state index contributed by atoms with van der Waals surface area (Å²) in [6.45, 7) is 0.302. The van der Waals surface area contributed by atoms with E-state index < -0.39 is 0 Å². The molecular weight excluding hydrogens is 284 g/mol. The number of thiazole rings is 1. The number of hydrogen-bond donors (Lipinski definition) is 3. The molecule has 1 aromatic carbocycles. The summed E-state index contributed by atoms with van der Waals surface area (Å²) >= 11 is 1.32. The van der Waals surface area contributed by atoms with Crippen LogP contribution in [0.1, 0.15) is 15.2 Å². The van der Waals surface area contributed by atoms with Crippen molar-refractivity contribution >= 4 is 33.3 Å². The van der Waals surface area contributed by atoms with Crippen molar-refractivity contribution in [3.05, 3.63) is 47.1 Å². The lowest BCUT2D eigenvalue weighted by Gasteiger charge is -2.01. The molecule has 0 fully saturated rings. The van der Waals surface area contributed by atoms with Gasteiger partial charge in [-0.3, -0.25) is 10.1 Å². The number of amides is 1. The quantitative estimate of drug-likeness (QED) is 0.634. The van der Waals surface area contributed by atoms with E-state index in [1.807, 2.05) is 24.4 Å². The fraction of sp³-hybridized carbons (Fsp3) is 0.0667. The summed E-state index contributed by atoms with van der Waals surface area (Å²) in [6.07, 6.45) is 3.47. The topological polar surface area (TPSA) is 83.8 Å². The van der Waals surface area contributed by atoms with E-state index in [0.717, 1.165) is 15.8 Å². The van der Waals surface area contributed by atoms with Gasteiger partial charge >= 0.3 is 0 Å². The number of aromatic nitrogens is 2. The van der Waals surface area contributed by atoms with Gasteiger partial charge in [-0.25, -0.2) is 4.98 Å². The molecule has 5 nitrogen and oxygen atoms in total. The minimum absolute atomic E-state index is 0.189. The van der Waals surface area contributed by atoms with Crippen LogP contribution in [0.25, 0.3) is 10.9 Å². The van der Waals surface area contributed by atoms with E-state index in [0.29, 0.717) is 17.2 Å². The van der Waals surface area contributed by atoms with E-state index in [4.69, 9.17) is 5.73 Å². The summed E-state index contributed by atoms with van der Waals surface area (Å²) in [5.74, 6) is 5.45. The highest BCUT2D eigenvalue weighted by Gasteiger charge is 2.09. The van der Waals surface area contributed by atoms with E-state index in [-0.39, 0.29) is 5.91 Å². The lowest BCUT2D eigenvalue weighted by molar-refractivity contribution is 0.102. The highest BCUT2D eigenvalue weighted by molar-refractivity contribution is 7.16. The molecule has 21 heavy (non-hydrogen) atoms. The number of H-pyrrole nitrogens is 1. The molecule has 0 unspecified atom stereocenters. The average Bonchev–Trinajstić information content (AvgIpc) is 3.12. The minimum atomic E-state index is -0.189. The number of anilines is 1. The first-order valence-corrected chi connectivity index (χ1v) is 7.11. The third-order valence-electron chi connectivity index (χ3n) is 2.86. The molecular formula is C15H12N4OS. The third kappa shape index (κ3) is 2.94. The molecule has 2 heterocycles. The Labute approximate surface area is 125 Å². The van der Waals surface area contributed by atoms with Crippen LogP contribution in [0.15, 0.2) is 36.7 Å². The first-order valence-electron chi connectivity index (χ1n) is 6.29. The zero-order valence-electron chi connectivity index (χ0n) is 11.0. The van der Waals surface area contributed by atoms with E-state index in [1.54, 1.807) is 12.3 Å². The molecule has 0 saturated heterocycles. The number of nitrogens with two attached hydrogens (primary N) is 1. The SMILES string of the molecule is NCC#Cc1cnc(NC(=O)c2ccc3[nH]ccc3c2)s1. The molecule has 1 amide bonds. The van der Waals surface area contributed by atoms with Crippen molar-refractivity contribution < 1.29 is 4.79 Å². The minimum Gasteiger partial charge on any atom is -0.361 e. The van der Waals surface area contributed by atoms with E-state index >= 15 is 0 Å². The van der Waals surface area contributed by atoms with Gasteiger partial charge in [-0.2, -0.15) is 0 Å². The summed E-state index contributed by atoms with van der Waals surface area (Å²) in [5.41, 5.74) is 6.90. The van der Waals surface area contributed by atoms with Gasteiger partial charge in [-0.05, 0) is 24.3 Å². The fourth-order valence-corrected chi connectivity index (χ4v) is 2.58. The van der Waals surface area contributed by atoms with Crippen molar-refractivity contribution in [1.82, 2.24) is 9.97 Å². The van der Waals surface area contributed by atoms with Crippen LogP contribution in [0.2, 0.25) is 0 Å². The molecule has 0 radical (unpaired) electrons. The molecule has 0 atom stereocenters. The van der Waals surface area contributed by atoms with Crippen LogP contribution in [-0.2, 0) is 0 Å². The molecule has 104 valence electrons. The molecule has 0 bridgehead atoms. The second-order valence-corrected chi connectivity index (χ2v) is 5.30. The standard InChI is InChI=1S/C15H12N4OS/c16-6-1-2-12-9-18-15(21-12)19-14(20)11-3-4-13-10(8-11)5-7-17-13/h3-5,7-9,17H,6,16H2,(H,18,19,20). The monoisotopic (exact) mass is 296 g/mol. The summed E-state index contributed by atoms with van der Waals surface area (Å²) in [6, 6.07) is 7.42. The number of carbonyl (C=O) groups excluding carboxylic acids is 1. The maximum Gasteiger partial charge on any atom is 0.257 e. The largest absolute Gasteiger partial charge is 0.361 e. The predicted molar refractivity (Wildman–Crippen MR) is 84.3 cm³/mol. The first-order chi connectivity index (χ1) is 10.3. The average molecular weight is 296 g/mol. The summed E-state index contributed by atoms with van der Waals surface area (Å²) in [7, 11) is 0. The number of rotatable bonds is 2. The first kappa shape index (κ1) is 13.4. The van der Waals surface area contributed by atoms with Gasteiger partial charge in [0.15, 0.2) is 5.13 Å². The number of aromatic amines is 1. The number of carbonyl (C=O) groups is 1. The van der Waals surface area contributed by atoms with E-state index in [2.05, 4.69) is 27.1 Å². The lowest BCUT2D eigenvalue weighted by Crippen LogP contribution is -2.11. The Kier molecular flexibility index (Phi) is 3.69. The van der Waals surface area contributed by atoms with Crippen molar-refractivity contribution in [3.8, 4) is 11.8 Å². The van der Waals surface area contributed by atoms with Crippen LogP contribution in [0.3, 0.4) is 0 Å².